The van der Waals surface area contributed by atoms with Crippen LogP contribution < -0.4 is 9.47 Å². The standard InChI is InChI=1S/C22H34O5Si2/c1-23-21-11-7-19(8-12-21)15-25-17-28(3,4)27-29(5,6)18-26-16-20-9-13-22(24-2)14-10-20/h7-14H,15-18H2,1-6H3. The van der Waals surface area contributed by atoms with Crippen LogP contribution in [0.4, 0.5) is 0 Å². The van der Waals surface area contributed by atoms with E-state index in [4.69, 9.17) is 23.1 Å². The highest BCUT2D eigenvalue weighted by molar-refractivity contribution is 6.84. The number of hydrogen-bond acceptors (Lipinski definition) is 5. The first-order valence-electron chi connectivity index (χ1n) is 9.84. The summed E-state index contributed by atoms with van der Waals surface area (Å²) < 4.78 is 28.9. The molecule has 29 heavy (non-hydrogen) atoms. The van der Waals surface area contributed by atoms with Gasteiger partial charge in [-0.2, -0.15) is 0 Å². The van der Waals surface area contributed by atoms with Crippen LogP contribution in [-0.4, -0.2) is 43.3 Å². The lowest BCUT2D eigenvalue weighted by Crippen LogP contribution is -2.50. The minimum Gasteiger partial charge on any atom is -0.497 e. The van der Waals surface area contributed by atoms with E-state index in [0.717, 1.165) is 22.6 Å². The highest BCUT2D eigenvalue weighted by Gasteiger charge is 2.33. The summed E-state index contributed by atoms with van der Waals surface area (Å²) in [5, 5.41) is 0. The maximum atomic E-state index is 6.56. The number of methoxy groups -OCH3 is 2. The highest BCUT2D eigenvalue weighted by Crippen LogP contribution is 2.18. The van der Waals surface area contributed by atoms with Gasteiger partial charge in [-0.05, 0) is 61.6 Å². The zero-order chi connectivity index (χ0) is 21.3. The lowest BCUT2D eigenvalue weighted by atomic mass is 10.2. The van der Waals surface area contributed by atoms with Crippen molar-refractivity contribution >= 4 is 16.6 Å². The zero-order valence-electron chi connectivity index (χ0n) is 18.5. The number of hydrogen-bond donors (Lipinski definition) is 0. The first-order valence-corrected chi connectivity index (χ1v) is 16.1. The Morgan fingerprint density at radius 3 is 1.24 bits per heavy atom. The van der Waals surface area contributed by atoms with Gasteiger partial charge in [0.05, 0.1) is 39.9 Å². The molecule has 0 aliphatic heterocycles. The van der Waals surface area contributed by atoms with E-state index >= 15 is 0 Å². The minimum atomic E-state index is -1.93. The van der Waals surface area contributed by atoms with Crippen molar-refractivity contribution in [3.05, 3.63) is 59.7 Å². The smallest absolute Gasteiger partial charge is 0.199 e. The van der Waals surface area contributed by atoms with Crippen LogP contribution in [0.3, 0.4) is 0 Å². The molecule has 2 aromatic carbocycles. The van der Waals surface area contributed by atoms with Crippen LogP contribution in [0.15, 0.2) is 48.5 Å². The predicted molar refractivity (Wildman–Crippen MR) is 121 cm³/mol. The van der Waals surface area contributed by atoms with Crippen molar-refractivity contribution in [3.63, 3.8) is 0 Å². The van der Waals surface area contributed by atoms with E-state index in [0.29, 0.717) is 25.7 Å². The molecule has 0 N–H and O–H groups in total. The highest BCUT2D eigenvalue weighted by atomic mass is 28.4. The fraction of sp³-hybridized carbons (Fsp3) is 0.455. The summed E-state index contributed by atoms with van der Waals surface area (Å²) in [5.41, 5.74) is 2.27. The number of benzene rings is 2. The largest absolute Gasteiger partial charge is 0.497 e. The fourth-order valence-corrected chi connectivity index (χ4v) is 10.7. The van der Waals surface area contributed by atoms with E-state index in [9.17, 15) is 0 Å². The van der Waals surface area contributed by atoms with Gasteiger partial charge in [0.15, 0.2) is 16.6 Å². The van der Waals surface area contributed by atoms with Gasteiger partial charge in [-0.25, -0.2) is 0 Å². The minimum absolute atomic E-state index is 0.583. The van der Waals surface area contributed by atoms with Gasteiger partial charge < -0.3 is 23.1 Å². The van der Waals surface area contributed by atoms with Gasteiger partial charge in [0, 0.05) is 0 Å². The van der Waals surface area contributed by atoms with Gasteiger partial charge in [0.1, 0.15) is 11.5 Å². The molecule has 0 saturated carbocycles. The van der Waals surface area contributed by atoms with E-state index < -0.39 is 16.6 Å². The Morgan fingerprint density at radius 1 is 0.586 bits per heavy atom. The summed E-state index contributed by atoms with van der Waals surface area (Å²) in [5.74, 6) is 1.71. The second kappa shape index (κ2) is 10.9. The number of rotatable bonds is 12. The summed E-state index contributed by atoms with van der Waals surface area (Å²) in [7, 11) is -0.528. The summed E-state index contributed by atoms with van der Waals surface area (Å²) in [6, 6.07) is 15.9. The van der Waals surface area contributed by atoms with Crippen LogP contribution in [0.5, 0.6) is 11.5 Å². The van der Waals surface area contributed by atoms with Crippen LogP contribution in [0.2, 0.25) is 26.2 Å². The molecule has 5 nitrogen and oxygen atoms in total. The molecular formula is C22H34O5Si2. The molecular weight excluding hydrogens is 400 g/mol. The second-order valence-corrected chi connectivity index (χ2v) is 16.7. The Morgan fingerprint density at radius 2 is 0.931 bits per heavy atom. The van der Waals surface area contributed by atoms with E-state index in [-0.39, 0.29) is 0 Å². The van der Waals surface area contributed by atoms with Gasteiger partial charge >= 0.3 is 0 Å². The van der Waals surface area contributed by atoms with Crippen LogP contribution in [-0.2, 0) is 26.8 Å². The molecule has 0 atom stereocenters. The molecule has 0 heterocycles. The summed E-state index contributed by atoms with van der Waals surface area (Å²) in [4.78, 5) is 0. The van der Waals surface area contributed by atoms with Crippen molar-refractivity contribution in [1.82, 2.24) is 0 Å². The summed E-state index contributed by atoms with van der Waals surface area (Å²) >= 11 is 0. The monoisotopic (exact) mass is 434 g/mol. The molecule has 0 bridgehead atoms. The average Bonchev–Trinajstić information content (AvgIpc) is 2.68. The molecule has 7 heteroatoms. The fourth-order valence-electron chi connectivity index (χ4n) is 3.08. The third kappa shape index (κ3) is 8.71. The molecule has 0 saturated heterocycles. The molecule has 2 aromatic rings. The molecule has 0 radical (unpaired) electrons. The molecule has 2 rings (SSSR count). The van der Waals surface area contributed by atoms with Crippen molar-refractivity contribution in [2.75, 3.05) is 26.7 Å². The first-order chi connectivity index (χ1) is 13.7. The van der Waals surface area contributed by atoms with Crippen LogP contribution in [0.1, 0.15) is 11.1 Å². The molecule has 0 aliphatic rings. The maximum absolute atomic E-state index is 6.56. The summed E-state index contributed by atoms with van der Waals surface area (Å²) in [6.45, 7) is 10.00. The number of ether oxygens (including phenoxy) is 4. The molecule has 0 amide bonds. The normalized spacial score (nSPS) is 12.1. The lowest BCUT2D eigenvalue weighted by molar-refractivity contribution is 0.141. The van der Waals surface area contributed by atoms with Crippen LogP contribution in [0, 0.1) is 0 Å². The maximum Gasteiger partial charge on any atom is 0.199 e. The van der Waals surface area contributed by atoms with Crippen molar-refractivity contribution in [2.24, 2.45) is 0 Å². The molecule has 0 unspecified atom stereocenters. The summed E-state index contributed by atoms with van der Waals surface area (Å²) in [6.07, 6.45) is 1.32. The lowest BCUT2D eigenvalue weighted by Gasteiger charge is -2.33. The topological polar surface area (TPSA) is 46.2 Å². The van der Waals surface area contributed by atoms with E-state index in [2.05, 4.69) is 26.2 Å². The van der Waals surface area contributed by atoms with E-state index in [1.54, 1.807) is 14.2 Å². The molecule has 160 valence electrons. The Bertz CT molecular complexity index is 666. The third-order valence-electron chi connectivity index (χ3n) is 4.31. The third-order valence-corrected chi connectivity index (χ3v) is 10.5. The van der Waals surface area contributed by atoms with Gasteiger partial charge in [-0.3, -0.25) is 0 Å². The van der Waals surface area contributed by atoms with Crippen LogP contribution in [0.25, 0.3) is 0 Å². The van der Waals surface area contributed by atoms with Crippen LogP contribution >= 0.6 is 0 Å². The molecule has 0 fully saturated rings. The van der Waals surface area contributed by atoms with Crippen molar-refractivity contribution in [1.29, 1.82) is 0 Å². The predicted octanol–water partition coefficient (Wildman–Crippen LogP) is 4.94. The molecule has 0 aromatic heterocycles. The quantitative estimate of drug-likeness (QED) is 0.443. The first kappa shape index (κ1) is 23.6. The molecule has 0 spiro atoms. The van der Waals surface area contributed by atoms with E-state index in [1.165, 1.54) is 0 Å². The Hall–Kier alpha value is -1.65. The Labute approximate surface area is 177 Å². The van der Waals surface area contributed by atoms with Crippen molar-refractivity contribution < 1.29 is 23.1 Å². The van der Waals surface area contributed by atoms with Gasteiger partial charge in [0.2, 0.25) is 0 Å². The van der Waals surface area contributed by atoms with E-state index in [1.807, 2.05) is 48.5 Å². The van der Waals surface area contributed by atoms with Crippen molar-refractivity contribution in [2.45, 2.75) is 39.4 Å². The second-order valence-electron chi connectivity index (χ2n) is 8.30. The zero-order valence-corrected chi connectivity index (χ0v) is 20.5. The Kier molecular flexibility index (Phi) is 8.91. The Balaban J connectivity index is 1.74. The van der Waals surface area contributed by atoms with Gasteiger partial charge in [0.25, 0.3) is 0 Å². The van der Waals surface area contributed by atoms with Gasteiger partial charge in [-0.1, -0.05) is 24.3 Å². The van der Waals surface area contributed by atoms with Crippen molar-refractivity contribution in [3.8, 4) is 11.5 Å². The average molecular weight is 435 g/mol. The molecule has 0 aliphatic carbocycles. The SMILES string of the molecule is COc1ccc(COC[Si](C)(C)O[Si](C)(C)COCc2ccc(OC)cc2)cc1. The van der Waals surface area contributed by atoms with Gasteiger partial charge in [-0.15, -0.1) is 0 Å².